The number of carbonyl (C=O) groups excluding carboxylic acids is 1. The van der Waals surface area contributed by atoms with Crippen LogP contribution in [0.1, 0.15) is 12.7 Å². The van der Waals surface area contributed by atoms with E-state index in [1.165, 1.54) is 6.92 Å². The van der Waals surface area contributed by atoms with Crippen LogP contribution in [0, 0.1) is 6.92 Å². The fourth-order valence-corrected chi connectivity index (χ4v) is 1.45. The molecule has 2 aromatic rings. The molecular weight excluding hydrogens is 232 g/mol. The van der Waals surface area contributed by atoms with Gasteiger partial charge in [-0.25, -0.2) is 15.0 Å². The van der Waals surface area contributed by atoms with Gasteiger partial charge in [-0.1, -0.05) is 0 Å². The highest BCUT2D eigenvalue weighted by molar-refractivity contribution is 5.74. The molecule has 2 N–H and O–H groups in total. The Morgan fingerprint density at radius 2 is 2.17 bits per heavy atom. The summed E-state index contributed by atoms with van der Waals surface area (Å²) in [6, 6.07) is 1.79. The van der Waals surface area contributed by atoms with Crippen molar-refractivity contribution in [2.24, 2.45) is 7.05 Å². The van der Waals surface area contributed by atoms with E-state index in [0.29, 0.717) is 5.95 Å². The number of hydrogen-bond acceptors (Lipinski definition) is 5. The molecule has 2 rings (SSSR count). The van der Waals surface area contributed by atoms with Gasteiger partial charge in [-0.3, -0.25) is 15.6 Å². The van der Waals surface area contributed by atoms with Crippen molar-refractivity contribution in [3.8, 4) is 11.4 Å². The van der Waals surface area contributed by atoms with Crippen LogP contribution in [0.25, 0.3) is 11.4 Å². The normalized spacial score (nSPS) is 10.2. The number of imidazole rings is 1. The van der Waals surface area contributed by atoms with E-state index in [4.69, 9.17) is 0 Å². The summed E-state index contributed by atoms with van der Waals surface area (Å²) in [6.45, 7) is 3.32. The van der Waals surface area contributed by atoms with Crippen molar-refractivity contribution in [3.63, 3.8) is 0 Å². The highest BCUT2D eigenvalue weighted by Crippen LogP contribution is 2.17. The molecule has 7 heteroatoms. The minimum Gasteiger partial charge on any atom is -0.330 e. The fraction of sp³-hybridized carbons (Fsp3) is 0.273. The highest BCUT2D eigenvalue weighted by Gasteiger charge is 2.08. The van der Waals surface area contributed by atoms with E-state index < -0.39 is 0 Å². The van der Waals surface area contributed by atoms with Gasteiger partial charge in [0.15, 0.2) is 0 Å². The first kappa shape index (κ1) is 12.0. The van der Waals surface area contributed by atoms with Crippen LogP contribution in [-0.4, -0.2) is 25.4 Å². The second-order valence-corrected chi connectivity index (χ2v) is 3.82. The molecule has 1 amide bonds. The maximum Gasteiger partial charge on any atom is 0.242 e. The van der Waals surface area contributed by atoms with Crippen molar-refractivity contribution in [2.75, 3.05) is 5.43 Å². The van der Waals surface area contributed by atoms with Crippen molar-refractivity contribution in [3.05, 3.63) is 24.3 Å². The molecule has 2 aromatic heterocycles. The summed E-state index contributed by atoms with van der Waals surface area (Å²) in [6.07, 6.45) is 3.37. The van der Waals surface area contributed by atoms with Crippen molar-refractivity contribution in [2.45, 2.75) is 13.8 Å². The van der Waals surface area contributed by atoms with E-state index in [1.54, 1.807) is 18.5 Å². The Labute approximate surface area is 104 Å². The average molecular weight is 246 g/mol. The third-order valence-electron chi connectivity index (χ3n) is 2.49. The quantitative estimate of drug-likeness (QED) is 0.777. The van der Waals surface area contributed by atoms with Gasteiger partial charge in [-0.2, -0.15) is 0 Å². The molecule has 18 heavy (non-hydrogen) atoms. The van der Waals surface area contributed by atoms with Crippen LogP contribution < -0.4 is 10.9 Å². The maximum atomic E-state index is 10.8. The van der Waals surface area contributed by atoms with E-state index >= 15 is 0 Å². The van der Waals surface area contributed by atoms with Gasteiger partial charge in [-0.15, -0.1) is 0 Å². The Morgan fingerprint density at radius 3 is 2.78 bits per heavy atom. The molecule has 0 fully saturated rings. The number of rotatable bonds is 3. The number of nitrogens with zero attached hydrogens (tertiary/aromatic N) is 4. The molecule has 0 atom stereocenters. The summed E-state index contributed by atoms with van der Waals surface area (Å²) in [4.78, 5) is 23.3. The number of nitrogens with one attached hydrogen (secondary N) is 2. The van der Waals surface area contributed by atoms with Crippen LogP contribution >= 0.6 is 0 Å². The Morgan fingerprint density at radius 1 is 1.39 bits per heavy atom. The molecule has 94 valence electrons. The number of carbonyl (C=O) groups is 1. The predicted octanol–water partition coefficient (Wildman–Crippen LogP) is 0.649. The van der Waals surface area contributed by atoms with Crippen LogP contribution in [0.4, 0.5) is 5.95 Å². The average Bonchev–Trinajstić information content (AvgIpc) is 2.68. The van der Waals surface area contributed by atoms with Crippen molar-refractivity contribution in [1.82, 2.24) is 24.9 Å². The minimum absolute atomic E-state index is 0.208. The SMILES string of the molecule is CC(=O)NNc1nccc(-c2cnc(C)n2C)n1. The molecule has 0 bridgehead atoms. The van der Waals surface area contributed by atoms with Gasteiger partial charge in [0.2, 0.25) is 11.9 Å². The summed E-state index contributed by atoms with van der Waals surface area (Å²) >= 11 is 0. The molecule has 0 aromatic carbocycles. The summed E-state index contributed by atoms with van der Waals surface area (Å²) in [7, 11) is 1.92. The molecule has 0 saturated heterocycles. The first-order valence-corrected chi connectivity index (χ1v) is 5.42. The lowest BCUT2D eigenvalue weighted by Crippen LogP contribution is -2.27. The lowest BCUT2D eigenvalue weighted by molar-refractivity contribution is -0.118. The zero-order chi connectivity index (χ0) is 13.1. The van der Waals surface area contributed by atoms with Gasteiger partial charge in [0.1, 0.15) is 5.82 Å². The molecular formula is C11H14N6O. The van der Waals surface area contributed by atoms with E-state index in [0.717, 1.165) is 17.2 Å². The van der Waals surface area contributed by atoms with Gasteiger partial charge < -0.3 is 4.57 Å². The van der Waals surface area contributed by atoms with Gasteiger partial charge in [0.25, 0.3) is 0 Å². The summed E-state index contributed by atoms with van der Waals surface area (Å²) in [5, 5.41) is 0. The fourth-order valence-electron chi connectivity index (χ4n) is 1.45. The van der Waals surface area contributed by atoms with Gasteiger partial charge in [-0.05, 0) is 13.0 Å². The number of hydrogen-bond donors (Lipinski definition) is 2. The summed E-state index contributed by atoms with van der Waals surface area (Å²) < 4.78 is 1.94. The van der Waals surface area contributed by atoms with Crippen molar-refractivity contribution in [1.29, 1.82) is 0 Å². The number of aryl methyl sites for hydroxylation is 1. The number of aromatic nitrogens is 4. The number of amides is 1. The summed E-state index contributed by atoms with van der Waals surface area (Å²) in [5.74, 6) is 1.03. The Balaban J connectivity index is 2.27. The molecule has 0 unspecified atom stereocenters. The molecule has 0 aliphatic heterocycles. The molecule has 0 aliphatic rings. The molecule has 0 saturated carbocycles. The molecule has 7 nitrogen and oxygen atoms in total. The standard InChI is InChI=1S/C11H14N6O/c1-7-13-6-10(17(7)3)9-4-5-12-11(14-9)16-15-8(2)18/h4-6H,1-3H3,(H,15,18)(H,12,14,16). The zero-order valence-electron chi connectivity index (χ0n) is 10.4. The van der Waals surface area contributed by atoms with Crippen LogP contribution in [0.3, 0.4) is 0 Å². The Kier molecular flexibility index (Phi) is 3.22. The monoisotopic (exact) mass is 246 g/mol. The van der Waals surface area contributed by atoms with Crippen LogP contribution in [-0.2, 0) is 11.8 Å². The lowest BCUT2D eigenvalue weighted by Gasteiger charge is -2.07. The maximum absolute atomic E-state index is 10.8. The minimum atomic E-state index is -0.208. The van der Waals surface area contributed by atoms with Crippen molar-refractivity contribution >= 4 is 11.9 Å². The third-order valence-corrected chi connectivity index (χ3v) is 2.49. The van der Waals surface area contributed by atoms with E-state index in [2.05, 4.69) is 25.8 Å². The van der Waals surface area contributed by atoms with Crippen LogP contribution in [0.2, 0.25) is 0 Å². The zero-order valence-corrected chi connectivity index (χ0v) is 10.4. The van der Waals surface area contributed by atoms with E-state index in [9.17, 15) is 4.79 Å². The lowest BCUT2D eigenvalue weighted by atomic mass is 10.3. The third kappa shape index (κ3) is 2.45. The van der Waals surface area contributed by atoms with Gasteiger partial charge in [0, 0.05) is 20.2 Å². The van der Waals surface area contributed by atoms with E-state index in [1.807, 2.05) is 18.5 Å². The second-order valence-electron chi connectivity index (χ2n) is 3.82. The van der Waals surface area contributed by atoms with Crippen LogP contribution in [0.5, 0.6) is 0 Å². The number of hydrazine groups is 1. The number of anilines is 1. The summed E-state index contributed by atoms with van der Waals surface area (Å²) in [5.41, 5.74) is 6.68. The van der Waals surface area contributed by atoms with Crippen LogP contribution in [0.15, 0.2) is 18.5 Å². The molecule has 0 spiro atoms. The van der Waals surface area contributed by atoms with Gasteiger partial charge >= 0.3 is 0 Å². The predicted molar refractivity (Wildman–Crippen MR) is 66.4 cm³/mol. The second kappa shape index (κ2) is 4.82. The topological polar surface area (TPSA) is 84.7 Å². The largest absolute Gasteiger partial charge is 0.330 e. The smallest absolute Gasteiger partial charge is 0.242 e. The molecule has 2 heterocycles. The molecule has 0 aliphatic carbocycles. The first-order valence-electron chi connectivity index (χ1n) is 5.42. The van der Waals surface area contributed by atoms with E-state index in [-0.39, 0.29) is 5.91 Å². The first-order chi connectivity index (χ1) is 8.58. The Hall–Kier alpha value is -2.44. The Bertz CT molecular complexity index is 577. The molecule has 0 radical (unpaired) electrons. The van der Waals surface area contributed by atoms with Crippen molar-refractivity contribution < 1.29 is 4.79 Å². The van der Waals surface area contributed by atoms with Gasteiger partial charge in [0.05, 0.1) is 17.6 Å². The highest BCUT2D eigenvalue weighted by atomic mass is 16.2.